The quantitative estimate of drug-likeness (QED) is 0.724. The normalized spacial score (nSPS) is 22.4. The molecule has 0 bridgehead atoms. The topological polar surface area (TPSA) is 54.0 Å². The third-order valence-electron chi connectivity index (χ3n) is 4.17. The maximum Gasteiger partial charge on any atom is 0.311 e. The third-order valence-corrected chi connectivity index (χ3v) is 4.17. The van der Waals surface area contributed by atoms with E-state index < -0.39 is 0 Å². The van der Waals surface area contributed by atoms with Gasteiger partial charge < -0.3 is 18.9 Å². The van der Waals surface area contributed by atoms with Gasteiger partial charge in [0.1, 0.15) is 30.8 Å². The van der Waals surface area contributed by atoms with E-state index in [-0.39, 0.29) is 24.1 Å². The summed E-state index contributed by atoms with van der Waals surface area (Å²) >= 11 is 0. The van der Waals surface area contributed by atoms with E-state index in [9.17, 15) is 4.79 Å². The first-order chi connectivity index (χ1) is 12.3. The van der Waals surface area contributed by atoms with Crippen molar-refractivity contribution in [2.45, 2.75) is 18.6 Å². The molecule has 5 nitrogen and oxygen atoms in total. The molecule has 0 spiro atoms. The minimum atomic E-state index is -0.350. The van der Waals surface area contributed by atoms with E-state index in [1.165, 1.54) is 7.11 Å². The van der Waals surface area contributed by atoms with Crippen LogP contribution in [0.5, 0.6) is 11.5 Å². The van der Waals surface area contributed by atoms with Crippen molar-refractivity contribution in [3.05, 3.63) is 60.7 Å². The molecule has 0 aromatic heterocycles. The summed E-state index contributed by atoms with van der Waals surface area (Å²) < 4.78 is 22.4. The van der Waals surface area contributed by atoms with Crippen LogP contribution in [0, 0.1) is 5.92 Å². The number of methoxy groups -OCH3 is 1. The van der Waals surface area contributed by atoms with Gasteiger partial charge in [0.2, 0.25) is 0 Å². The minimum Gasteiger partial charge on any atom is -0.491 e. The van der Waals surface area contributed by atoms with E-state index in [0.29, 0.717) is 19.6 Å². The number of para-hydroxylation sites is 2. The molecule has 0 radical (unpaired) electrons. The molecule has 1 heterocycles. The molecule has 1 aliphatic rings. The standard InChI is InChI=1S/C20H22O5/c1-22-20(21)18-12-17(13-23-15-8-4-2-5-9-15)25-19(18)14-24-16-10-6-3-7-11-16/h2-11,17-19H,12-14H2,1H3/t17-,18-,19-/m1/s1. The number of hydrogen-bond donors (Lipinski definition) is 0. The van der Waals surface area contributed by atoms with E-state index in [4.69, 9.17) is 18.9 Å². The average Bonchev–Trinajstić information content (AvgIpc) is 3.09. The van der Waals surface area contributed by atoms with Gasteiger partial charge in [0.15, 0.2) is 0 Å². The van der Waals surface area contributed by atoms with Gasteiger partial charge in [-0.05, 0) is 30.7 Å². The predicted octanol–water partition coefficient (Wildman–Crippen LogP) is 3.09. The van der Waals surface area contributed by atoms with Crippen molar-refractivity contribution in [2.24, 2.45) is 5.92 Å². The van der Waals surface area contributed by atoms with Gasteiger partial charge in [-0.25, -0.2) is 0 Å². The summed E-state index contributed by atoms with van der Waals surface area (Å²) in [4.78, 5) is 12.1. The Bertz CT molecular complexity index is 658. The van der Waals surface area contributed by atoms with Crippen LogP contribution in [0.15, 0.2) is 60.7 Å². The highest BCUT2D eigenvalue weighted by atomic mass is 16.6. The molecule has 0 aliphatic carbocycles. The highest BCUT2D eigenvalue weighted by molar-refractivity contribution is 5.73. The van der Waals surface area contributed by atoms with Gasteiger partial charge in [-0.1, -0.05) is 36.4 Å². The largest absolute Gasteiger partial charge is 0.491 e. The smallest absolute Gasteiger partial charge is 0.311 e. The molecule has 2 aromatic rings. The van der Waals surface area contributed by atoms with Crippen molar-refractivity contribution >= 4 is 5.97 Å². The lowest BCUT2D eigenvalue weighted by Crippen LogP contribution is -2.30. The molecule has 2 aromatic carbocycles. The van der Waals surface area contributed by atoms with Crippen molar-refractivity contribution in [3.63, 3.8) is 0 Å². The van der Waals surface area contributed by atoms with Crippen molar-refractivity contribution in [3.8, 4) is 11.5 Å². The lowest BCUT2D eigenvalue weighted by atomic mass is 10.00. The van der Waals surface area contributed by atoms with Crippen molar-refractivity contribution in [2.75, 3.05) is 20.3 Å². The number of esters is 1. The van der Waals surface area contributed by atoms with Gasteiger partial charge in [-0.2, -0.15) is 0 Å². The predicted molar refractivity (Wildman–Crippen MR) is 92.7 cm³/mol. The van der Waals surface area contributed by atoms with Crippen LogP contribution >= 0.6 is 0 Å². The maximum absolute atomic E-state index is 12.1. The zero-order chi connectivity index (χ0) is 17.5. The van der Waals surface area contributed by atoms with Crippen LogP contribution in [0.3, 0.4) is 0 Å². The minimum absolute atomic E-state index is 0.173. The van der Waals surface area contributed by atoms with E-state index >= 15 is 0 Å². The Balaban J connectivity index is 1.57. The molecule has 25 heavy (non-hydrogen) atoms. The lowest BCUT2D eigenvalue weighted by Gasteiger charge is -2.17. The molecular weight excluding hydrogens is 320 g/mol. The van der Waals surface area contributed by atoms with Crippen LogP contribution in [0.25, 0.3) is 0 Å². The van der Waals surface area contributed by atoms with Crippen molar-refractivity contribution in [1.29, 1.82) is 0 Å². The fourth-order valence-corrected chi connectivity index (χ4v) is 2.90. The van der Waals surface area contributed by atoms with Crippen molar-refractivity contribution < 1.29 is 23.7 Å². The summed E-state index contributed by atoms with van der Waals surface area (Å²) in [6.45, 7) is 0.685. The summed E-state index contributed by atoms with van der Waals surface area (Å²) in [5.41, 5.74) is 0. The summed E-state index contributed by atoms with van der Waals surface area (Å²) in [6, 6.07) is 19.0. The second-order valence-corrected chi connectivity index (χ2v) is 5.91. The SMILES string of the molecule is COC(=O)[C@@H]1C[C@H](COc2ccccc2)O[C@@H]1COc1ccccc1. The number of hydrogen-bond acceptors (Lipinski definition) is 5. The number of carbonyl (C=O) groups is 1. The van der Waals surface area contributed by atoms with Gasteiger partial charge in [-0.15, -0.1) is 0 Å². The van der Waals surface area contributed by atoms with Gasteiger partial charge in [0, 0.05) is 0 Å². The molecular formula is C20H22O5. The zero-order valence-electron chi connectivity index (χ0n) is 14.2. The van der Waals surface area contributed by atoms with E-state index in [1.54, 1.807) is 0 Å². The summed E-state index contributed by atoms with van der Waals surface area (Å²) in [5.74, 6) is 0.908. The molecule has 5 heteroatoms. The fraction of sp³-hybridized carbons (Fsp3) is 0.350. The summed E-state index contributed by atoms with van der Waals surface area (Å²) in [7, 11) is 1.39. The van der Waals surface area contributed by atoms with Crippen LogP contribution < -0.4 is 9.47 Å². The second kappa shape index (κ2) is 8.53. The molecule has 132 valence electrons. The number of benzene rings is 2. The lowest BCUT2D eigenvalue weighted by molar-refractivity contribution is -0.148. The van der Waals surface area contributed by atoms with Crippen LogP contribution in [0.1, 0.15) is 6.42 Å². The number of rotatable bonds is 7. The van der Waals surface area contributed by atoms with Gasteiger partial charge in [0.25, 0.3) is 0 Å². The van der Waals surface area contributed by atoms with Gasteiger partial charge in [-0.3, -0.25) is 4.79 Å². The summed E-state index contributed by atoms with van der Waals surface area (Å²) in [5, 5.41) is 0. The Hall–Kier alpha value is -2.53. The second-order valence-electron chi connectivity index (χ2n) is 5.91. The van der Waals surface area contributed by atoms with E-state index in [2.05, 4.69) is 0 Å². The third kappa shape index (κ3) is 4.73. The molecule has 1 aliphatic heterocycles. The highest BCUT2D eigenvalue weighted by Gasteiger charge is 2.41. The molecule has 1 saturated heterocycles. The Morgan fingerprint density at radius 2 is 1.52 bits per heavy atom. The average molecular weight is 342 g/mol. The van der Waals surface area contributed by atoms with Crippen LogP contribution in [0.4, 0.5) is 0 Å². The molecule has 3 rings (SSSR count). The molecule has 3 atom stereocenters. The van der Waals surface area contributed by atoms with E-state index in [1.807, 2.05) is 60.7 Å². The van der Waals surface area contributed by atoms with Crippen molar-refractivity contribution in [1.82, 2.24) is 0 Å². The first-order valence-corrected chi connectivity index (χ1v) is 8.35. The number of carbonyl (C=O) groups excluding carboxylic acids is 1. The van der Waals surface area contributed by atoms with Gasteiger partial charge in [0.05, 0.1) is 19.1 Å². The van der Waals surface area contributed by atoms with Crippen LogP contribution in [-0.2, 0) is 14.3 Å². The monoisotopic (exact) mass is 342 g/mol. The highest BCUT2D eigenvalue weighted by Crippen LogP contribution is 2.29. The number of ether oxygens (including phenoxy) is 4. The molecule has 0 N–H and O–H groups in total. The molecule has 0 unspecified atom stereocenters. The first-order valence-electron chi connectivity index (χ1n) is 8.35. The Morgan fingerprint density at radius 1 is 0.960 bits per heavy atom. The Kier molecular flexibility index (Phi) is 5.90. The fourth-order valence-electron chi connectivity index (χ4n) is 2.90. The molecule has 1 fully saturated rings. The van der Waals surface area contributed by atoms with Gasteiger partial charge >= 0.3 is 5.97 Å². The Labute approximate surface area is 147 Å². The van der Waals surface area contributed by atoms with Crippen LogP contribution in [0.2, 0.25) is 0 Å². The summed E-state index contributed by atoms with van der Waals surface area (Å²) in [6.07, 6.45) is 0.0354. The zero-order valence-corrected chi connectivity index (χ0v) is 14.2. The first kappa shape index (κ1) is 17.3. The molecule has 0 saturated carbocycles. The maximum atomic E-state index is 12.1. The Morgan fingerprint density at radius 3 is 2.08 bits per heavy atom. The molecule has 0 amide bonds. The van der Waals surface area contributed by atoms with E-state index in [0.717, 1.165) is 11.5 Å². The van der Waals surface area contributed by atoms with Crippen LogP contribution in [-0.4, -0.2) is 38.5 Å².